The van der Waals surface area contributed by atoms with Gasteiger partial charge >= 0.3 is 5.97 Å². The van der Waals surface area contributed by atoms with Crippen LogP contribution in [0, 0.1) is 5.92 Å². The van der Waals surface area contributed by atoms with Crippen molar-refractivity contribution in [2.24, 2.45) is 5.92 Å². The quantitative estimate of drug-likeness (QED) is 0.412. The van der Waals surface area contributed by atoms with E-state index in [0.29, 0.717) is 17.2 Å². The number of carbonyl (C=O) groups is 1. The highest BCUT2D eigenvalue weighted by molar-refractivity contribution is 5.79. The number of aliphatic carboxylic acids is 1. The number of aromatic nitrogens is 3. The van der Waals surface area contributed by atoms with Crippen molar-refractivity contribution in [2.75, 3.05) is 5.32 Å². The molecular formula is C23H22N4O4. The predicted molar refractivity (Wildman–Crippen MR) is 115 cm³/mol. The maximum Gasteiger partial charge on any atom is 0.305 e. The summed E-state index contributed by atoms with van der Waals surface area (Å²) in [6.45, 7) is 3.91. The molecule has 0 amide bonds. The zero-order chi connectivity index (χ0) is 21.8. The van der Waals surface area contributed by atoms with Crippen LogP contribution in [-0.2, 0) is 4.79 Å². The van der Waals surface area contributed by atoms with Crippen LogP contribution in [0.2, 0.25) is 0 Å². The van der Waals surface area contributed by atoms with Gasteiger partial charge in [0.15, 0.2) is 17.9 Å². The van der Waals surface area contributed by atoms with Crippen molar-refractivity contribution in [3.05, 3.63) is 61.4 Å². The maximum atomic E-state index is 11.2. The smallest absolute Gasteiger partial charge is 0.305 e. The van der Waals surface area contributed by atoms with Gasteiger partial charge in [0, 0.05) is 35.1 Å². The Bertz CT molecular complexity index is 1140. The lowest BCUT2D eigenvalue weighted by Crippen LogP contribution is -2.28. The van der Waals surface area contributed by atoms with Gasteiger partial charge in [-0.25, -0.2) is 4.98 Å². The average molecular weight is 418 g/mol. The Balaban J connectivity index is 1.71. The number of oxazole rings is 2. The highest BCUT2D eigenvalue weighted by Crippen LogP contribution is 2.35. The first-order chi connectivity index (χ1) is 15.0. The molecule has 31 heavy (non-hydrogen) atoms. The largest absolute Gasteiger partial charge is 0.481 e. The average Bonchev–Trinajstić information content (AvgIpc) is 3.44. The number of benzene rings is 1. The van der Waals surface area contributed by atoms with Gasteiger partial charge in [0.2, 0.25) is 0 Å². The zero-order valence-electron chi connectivity index (χ0n) is 17.1. The summed E-state index contributed by atoms with van der Waals surface area (Å²) in [5, 5.41) is 12.4. The Morgan fingerprint density at radius 1 is 1.06 bits per heavy atom. The van der Waals surface area contributed by atoms with Gasteiger partial charge in [0.05, 0.1) is 12.6 Å². The highest BCUT2D eigenvalue weighted by Gasteiger charge is 2.22. The molecule has 3 aromatic heterocycles. The van der Waals surface area contributed by atoms with Gasteiger partial charge in [-0.05, 0) is 18.1 Å². The Hall–Kier alpha value is -3.94. The second kappa shape index (κ2) is 8.83. The summed E-state index contributed by atoms with van der Waals surface area (Å²) in [6, 6.07) is 11.4. The molecule has 3 heterocycles. The fourth-order valence-corrected chi connectivity index (χ4v) is 3.22. The Morgan fingerprint density at radius 3 is 2.45 bits per heavy atom. The van der Waals surface area contributed by atoms with Crippen LogP contribution in [0.3, 0.4) is 0 Å². The first-order valence-corrected chi connectivity index (χ1v) is 9.90. The molecule has 0 spiro atoms. The van der Waals surface area contributed by atoms with Gasteiger partial charge in [0.1, 0.15) is 5.69 Å². The van der Waals surface area contributed by atoms with E-state index in [1.165, 1.54) is 6.39 Å². The van der Waals surface area contributed by atoms with Crippen molar-refractivity contribution in [1.82, 2.24) is 15.0 Å². The second-order valence-corrected chi connectivity index (χ2v) is 7.47. The van der Waals surface area contributed by atoms with E-state index in [9.17, 15) is 9.90 Å². The van der Waals surface area contributed by atoms with Gasteiger partial charge in [0.25, 0.3) is 6.01 Å². The van der Waals surface area contributed by atoms with Gasteiger partial charge in [-0.1, -0.05) is 38.1 Å². The van der Waals surface area contributed by atoms with Crippen LogP contribution < -0.4 is 5.32 Å². The Labute approximate surface area is 179 Å². The third-order valence-corrected chi connectivity index (χ3v) is 4.93. The summed E-state index contributed by atoms with van der Waals surface area (Å²) in [6.07, 6.45) is 6.40. The third-order valence-electron chi connectivity index (χ3n) is 4.93. The topological polar surface area (TPSA) is 114 Å². The van der Waals surface area contributed by atoms with Crippen molar-refractivity contribution in [2.45, 2.75) is 26.3 Å². The molecule has 0 saturated carbocycles. The van der Waals surface area contributed by atoms with Crippen molar-refractivity contribution in [1.29, 1.82) is 0 Å². The van der Waals surface area contributed by atoms with Crippen LogP contribution in [0.4, 0.5) is 6.01 Å². The van der Waals surface area contributed by atoms with Gasteiger partial charge < -0.3 is 19.3 Å². The highest BCUT2D eigenvalue weighted by atomic mass is 16.4. The summed E-state index contributed by atoms with van der Waals surface area (Å²) in [7, 11) is 0. The number of anilines is 1. The summed E-state index contributed by atoms with van der Waals surface area (Å²) in [4.78, 5) is 24.0. The zero-order valence-corrected chi connectivity index (χ0v) is 17.1. The molecule has 1 unspecified atom stereocenters. The van der Waals surface area contributed by atoms with Crippen LogP contribution in [0.1, 0.15) is 20.3 Å². The Kier molecular flexibility index (Phi) is 5.79. The molecule has 0 fully saturated rings. The molecule has 1 aromatic carbocycles. The van der Waals surface area contributed by atoms with E-state index in [0.717, 1.165) is 16.7 Å². The number of hydrogen-bond acceptors (Lipinski definition) is 7. The standard InChI is InChI=1S/C23H22N4O4/c1-14(2)18(10-20(28)29)26-23-27-21(22(31-23)17-4-3-9-24-11-17)16-7-5-15(6-8-16)19-12-25-13-30-19/h3-9,11-14,18H,10H2,1-2H3,(H,26,27)(H,28,29). The van der Waals surface area contributed by atoms with Gasteiger partial charge in [-0.3, -0.25) is 9.78 Å². The molecule has 2 N–H and O–H groups in total. The summed E-state index contributed by atoms with van der Waals surface area (Å²) in [5.74, 6) is 0.429. The fourth-order valence-electron chi connectivity index (χ4n) is 3.22. The first kappa shape index (κ1) is 20.3. The van der Waals surface area contributed by atoms with Crippen LogP contribution in [0.15, 0.2) is 70.2 Å². The molecule has 0 bridgehead atoms. The number of nitrogens with zero attached hydrogens (tertiary/aromatic N) is 3. The monoisotopic (exact) mass is 418 g/mol. The molecule has 0 aliphatic rings. The molecule has 0 aliphatic heterocycles. The lowest BCUT2D eigenvalue weighted by atomic mass is 10.0. The van der Waals surface area contributed by atoms with Crippen LogP contribution in [0.5, 0.6) is 0 Å². The normalized spacial score (nSPS) is 12.1. The molecule has 0 saturated heterocycles. The van der Waals surface area contributed by atoms with E-state index in [1.54, 1.807) is 18.6 Å². The molecular weight excluding hydrogens is 396 g/mol. The lowest BCUT2D eigenvalue weighted by Gasteiger charge is -2.19. The SMILES string of the molecule is CC(C)C(CC(=O)O)Nc1nc(-c2ccc(-c3cnco3)cc2)c(-c2cccnc2)o1. The maximum absolute atomic E-state index is 11.2. The molecule has 8 nitrogen and oxygen atoms in total. The van der Waals surface area contributed by atoms with Crippen LogP contribution in [-0.4, -0.2) is 32.1 Å². The minimum absolute atomic E-state index is 0.0382. The molecule has 0 aliphatic carbocycles. The number of carboxylic acids is 1. The van der Waals surface area contributed by atoms with Crippen LogP contribution in [0.25, 0.3) is 33.9 Å². The Morgan fingerprint density at radius 2 is 1.84 bits per heavy atom. The minimum Gasteiger partial charge on any atom is -0.481 e. The van der Waals surface area contributed by atoms with Crippen molar-refractivity contribution < 1.29 is 18.7 Å². The molecule has 0 radical (unpaired) electrons. The van der Waals surface area contributed by atoms with Crippen molar-refractivity contribution >= 4 is 12.0 Å². The predicted octanol–water partition coefficient (Wildman–Crippen LogP) is 4.97. The molecule has 8 heteroatoms. The van der Waals surface area contributed by atoms with E-state index in [1.807, 2.05) is 50.2 Å². The summed E-state index contributed by atoms with van der Waals surface area (Å²) in [5.41, 5.74) is 3.15. The molecule has 4 rings (SSSR count). The molecule has 1 atom stereocenters. The minimum atomic E-state index is -0.881. The van der Waals surface area contributed by atoms with Crippen molar-refractivity contribution in [3.8, 4) is 33.9 Å². The summed E-state index contributed by atoms with van der Waals surface area (Å²) >= 11 is 0. The number of pyridine rings is 1. The van der Waals surface area contributed by atoms with E-state index < -0.39 is 5.97 Å². The van der Waals surface area contributed by atoms with E-state index in [-0.39, 0.29) is 24.4 Å². The summed E-state index contributed by atoms with van der Waals surface area (Å²) < 4.78 is 11.4. The van der Waals surface area contributed by atoms with E-state index in [2.05, 4.69) is 20.3 Å². The number of rotatable bonds is 8. The lowest BCUT2D eigenvalue weighted by molar-refractivity contribution is -0.137. The first-order valence-electron chi connectivity index (χ1n) is 9.90. The van der Waals surface area contributed by atoms with E-state index >= 15 is 0 Å². The number of carboxylic acid groups (broad SMARTS) is 1. The third kappa shape index (κ3) is 4.63. The van der Waals surface area contributed by atoms with Gasteiger partial charge in [-0.2, -0.15) is 4.98 Å². The van der Waals surface area contributed by atoms with Gasteiger partial charge in [-0.15, -0.1) is 0 Å². The van der Waals surface area contributed by atoms with Crippen molar-refractivity contribution in [3.63, 3.8) is 0 Å². The van der Waals surface area contributed by atoms with Crippen LogP contribution >= 0.6 is 0 Å². The number of nitrogens with one attached hydrogen (secondary N) is 1. The number of hydrogen-bond donors (Lipinski definition) is 2. The molecule has 4 aromatic rings. The fraction of sp³-hybridized carbons (Fsp3) is 0.217. The second-order valence-electron chi connectivity index (χ2n) is 7.47. The van der Waals surface area contributed by atoms with E-state index in [4.69, 9.17) is 8.83 Å². The molecule has 158 valence electrons.